The number of nitrogens with one attached hydrogen (secondary N) is 1. The molecule has 0 aliphatic heterocycles. The Hall–Kier alpha value is -1.91. The van der Waals surface area contributed by atoms with Gasteiger partial charge in [-0.1, -0.05) is 6.07 Å². The second-order valence-electron chi connectivity index (χ2n) is 4.46. The van der Waals surface area contributed by atoms with Crippen molar-refractivity contribution in [3.8, 4) is 0 Å². The molecule has 2 rings (SSSR count). The van der Waals surface area contributed by atoms with Crippen LogP contribution in [0.5, 0.6) is 0 Å². The molecule has 0 unspecified atom stereocenters. The van der Waals surface area contributed by atoms with Gasteiger partial charge in [-0.05, 0) is 24.6 Å². The third-order valence-electron chi connectivity index (χ3n) is 2.79. The minimum atomic E-state index is -3.93. The van der Waals surface area contributed by atoms with Crippen molar-refractivity contribution < 1.29 is 16.8 Å². The Balaban J connectivity index is 2.46. The van der Waals surface area contributed by atoms with E-state index in [0.29, 0.717) is 0 Å². The number of benzene rings is 1. The summed E-state index contributed by atoms with van der Waals surface area (Å²) >= 11 is 0. The van der Waals surface area contributed by atoms with Crippen LogP contribution >= 0.6 is 0 Å². The standard InChI is InChI=1S/C11H14N4O4S2/c1-8-9(4-3-5-10(8)20(12,16)17)14-21(18,19)11-6-15(2)7-13-11/h3-7,14H,1-2H3,(H2,12,16,17). The maximum atomic E-state index is 12.2. The van der Waals surface area contributed by atoms with Crippen LogP contribution in [0.2, 0.25) is 0 Å². The van der Waals surface area contributed by atoms with Crippen LogP contribution in [-0.2, 0) is 27.1 Å². The van der Waals surface area contributed by atoms with E-state index in [1.165, 1.54) is 42.2 Å². The predicted molar refractivity (Wildman–Crippen MR) is 76.6 cm³/mol. The van der Waals surface area contributed by atoms with E-state index in [-0.39, 0.29) is 21.2 Å². The zero-order valence-corrected chi connectivity index (χ0v) is 12.9. The molecule has 1 aromatic heterocycles. The van der Waals surface area contributed by atoms with Gasteiger partial charge in [0.2, 0.25) is 10.0 Å². The molecule has 1 heterocycles. The number of aryl methyl sites for hydroxylation is 1. The summed E-state index contributed by atoms with van der Waals surface area (Å²) < 4.78 is 51.0. The summed E-state index contributed by atoms with van der Waals surface area (Å²) in [7, 11) is -6.18. The topological polar surface area (TPSA) is 124 Å². The summed E-state index contributed by atoms with van der Waals surface area (Å²) in [6.45, 7) is 1.47. The van der Waals surface area contributed by atoms with Gasteiger partial charge >= 0.3 is 0 Å². The molecule has 114 valence electrons. The highest BCUT2D eigenvalue weighted by Gasteiger charge is 2.20. The van der Waals surface area contributed by atoms with E-state index in [1.54, 1.807) is 7.05 Å². The van der Waals surface area contributed by atoms with E-state index < -0.39 is 20.0 Å². The van der Waals surface area contributed by atoms with Gasteiger partial charge in [0, 0.05) is 13.2 Å². The van der Waals surface area contributed by atoms with E-state index in [9.17, 15) is 16.8 Å². The molecule has 0 amide bonds. The summed E-state index contributed by atoms with van der Waals surface area (Å²) in [4.78, 5) is 3.62. The van der Waals surface area contributed by atoms with Crippen LogP contribution in [0.15, 0.2) is 40.6 Å². The third kappa shape index (κ3) is 3.23. The predicted octanol–water partition coefficient (Wildman–Crippen LogP) is 0.177. The first-order valence-corrected chi connectivity index (χ1v) is 8.77. The summed E-state index contributed by atoms with van der Waals surface area (Å²) in [5.41, 5.74) is 0.353. The van der Waals surface area contributed by atoms with Gasteiger partial charge < -0.3 is 4.57 Å². The highest BCUT2D eigenvalue weighted by atomic mass is 32.2. The van der Waals surface area contributed by atoms with E-state index in [1.807, 2.05) is 0 Å². The van der Waals surface area contributed by atoms with E-state index in [2.05, 4.69) is 9.71 Å². The number of anilines is 1. The summed E-state index contributed by atoms with van der Waals surface area (Å²) in [5, 5.41) is 4.92. The van der Waals surface area contributed by atoms with Crippen LogP contribution in [0.4, 0.5) is 5.69 Å². The quantitative estimate of drug-likeness (QED) is 0.827. The van der Waals surface area contributed by atoms with Crippen molar-refractivity contribution in [1.29, 1.82) is 0 Å². The van der Waals surface area contributed by atoms with Gasteiger partial charge in [-0.25, -0.2) is 18.5 Å². The fraction of sp³-hybridized carbons (Fsp3) is 0.182. The number of aromatic nitrogens is 2. The van der Waals surface area contributed by atoms with Gasteiger partial charge in [0.05, 0.1) is 16.9 Å². The van der Waals surface area contributed by atoms with Gasteiger partial charge in [0.25, 0.3) is 10.0 Å². The summed E-state index contributed by atoms with van der Waals surface area (Å²) in [6, 6.07) is 4.16. The highest BCUT2D eigenvalue weighted by Crippen LogP contribution is 2.24. The van der Waals surface area contributed by atoms with Crippen LogP contribution in [0, 0.1) is 6.92 Å². The zero-order chi connectivity index (χ0) is 15.8. The fourth-order valence-electron chi connectivity index (χ4n) is 1.76. The Morgan fingerprint density at radius 2 is 1.90 bits per heavy atom. The number of hydrogen-bond donors (Lipinski definition) is 2. The van der Waals surface area contributed by atoms with Crippen molar-refractivity contribution in [2.75, 3.05) is 4.72 Å². The number of nitrogens with zero attached hydrogens (tertiary/aromatic N) is 2. The maximum Gasteiger partial charge on any atom is 0.280 e. The van der Waals surface area contributed by atoms with Gasteiger partial charge in [-0.2, -0.15) is 8.42 Å². The zero-order valence-electron chi connectivity index (χ0n) is 11.3. The lowest BCUT2D eigenvalue weighted by molar-refractivity contribution is 0.595. The minimum absolute atomic E-state index is 0.132. The van der Waals surface area contributed by atoms with Crippen LogP contribution in [-0.4, -0.2) is 26.4 Å². The van der Waals surface area contributed by atoms with Gasteiger partial charge in [-0.15, -0.1) is 0 Å². The number of sulfonamides is 2. The number of nitrogens with two attached hydrogens (primary N) is 1. The molecule has 0 fully saturated rings. The van der Waals surface area contributed by atoms with Gasteiger partial charge in [-0.3, -0.25) is 4.72 Å². The van der Waals surface area contributed by atoms with Crippen LogP contribution < -0.4 is 9.86 Å². The Labute approximate surface area is 122 Å². The lowest BCUT2D eigenvalue weighted by Crippen LogP contribution is -2.17. The summed E-state index contributed by atoms with van der Waals surface area (Å²) in [6.07, 6.45) is 2.68. The molecule has 0 spiro atoms. The highest BCUT2D eigenvalue weighted by molar-refractivity contribution is 7.92. The Kier molecular flexibility index (Phi) is 3.78. The lowest BCUT2D eigenvalue weighted by Gasteiger charge is -2.11. The normalized spacial score (nSPS) is 12.3. The second kappa shape index (κ2) is 5.13. The van der Waals surface area contributed by atoms with E-state index >= 15 is 0 Å². The molecule has 10 heteroatoms. The molecular formula is C11H14N4O4S2. The Morgan fingerprint density at radius 1 is 1.24 bits per heavy atom. The largest absolute Gasteiger partial charge is 0.339 e. The van der Waals surface area contributed by atoms with Crippen molar-refractivity contribution in [1.82, 2.24) is 9.55 Å². The molecule has 8 nitrogen and oxygen atoms in total. The Bertz CT molecular complexity index is 885. The summed E-state index contributed by atoms with van der Waals surface area (Å²) in [5.74, 6) is 0. The molecule has 0 aliphatic carbocycles. The first-order chi connectivity index (χ1) is 9.61. The minimum Gasteiger partial charge on any atom is -0.339 e. The molecule has 21 heavy (non-hydrogen) atoms. The van der Waals surface area contributed by atoms with Gasteiger partial charge in [0.1, 0.15) is 0 Å². The van der Waals surface area contributed by atoms with Crippen molar-refractivity contribution in [2.45, 2.75) is 16.8 Å². The van der Waals surface area contributed by atoms with E-state index in [0.717, 1.165) is 0 Å². The molecule has 2 aromatic rings. The maximum absolute atomic E-state index is 12.2. The second-order valence-corrected chi connectivity index (χ2v) is 7.62. The SMILES string of the molecule is Cc1c(NS(=O)(=O)c2cn(C)cn2)cccc1S(N)(=O)=O. The molecule has 0 bridgehead atoms. The average molecular weight is 330 g/mol. The molecule has 0 aliphatic rings. The first kappa shape index (κ1) is 15.5. The van der Waals surface area contributed by atoms with Crippen LogP contribution in [0.1, 0.15) is 5.56 Å². The number of rotatable bonds is 4. The Morgan fingerprint density at radius 3 is 2.43 bits per heavy atom. The van der Waals surface area contributed by atoms with Crippen LogP contribution in [0.3, 0.4) is 0 Å². The van der Waals surface area contributed by atoms with Crippen molar-refractivity contribution >= 4 is 25.7 Å². The van der Waals surface area contributed by atoms with Crippen molar-refractivity contribution in [3.63, 3.8) is 0 Å². The smallest absolute Gasteiger partial charge is 0.280 e. The molecule has 0 saturated carbocycles. The molecule has 1 aromatic carbocycles. The van der Waals surface area contributed by atoms with E-state index in [4.69, 9.17) is 5.14 Å². The molecule has 0 atom stereocenters. The number of hydrogen-bond acceptors (Lipinski definition) is 5. The lowest BCUT2D eigenvalue weighted by atomic mass is 10.2. The van der Waals surface area contributed by atoms with Gasteiger partial charge in [0.15, 0.2) is 5.03 Å². The van der Waals surface area contributed by atoms with Crippen molar-refractivity contribution in [2.24, 2.45) is 12.2 Å². The number of imidazole rings is 1. The monoisotopic (exact) mass is 330 g/mol. The third-order valence-corrected chi connectivity index (χ3v) is 5.10. The molecule has 0 radical (unpaired) electrons. The number of primary sulfonamides is 1. The fourth-order valence-corrected chi connectivity index (χ4v) is 3.67. The average Bonchev–Trinajstić information content (AvgIpc) is 2.78. The molecular weight excluding hydrogens is 316 g/mol. The first-order valence-electron chi connectivity index (χ1n) is 5.74. The van der Waals surface area contributed by atoms with Crippen molar-refractivity contribution in [3.05, 3.63) is 36.3 Å². The van der Waals surface area contributed by atoms with Crippen LogP contribution in [0.25, 0.3) is 0 Å². The molecule has 0 saturated heterocycles. The molecule has 3 N–H and O–H groups in total.